The van der Waals surface area contributed by atoms with E-state index in [1.165, 1.54) is 0 Å². The van der Waals surface area contributed by atoms with Gasteiger partial charge in [-0.2, -0.15) is 0 Å². The summed E-state index contributed by atoms with van der Waals surface area (Å²) < 4.78 is 5.47. The van der Waals surface area contributed by atoms with E-state index in [4.69, 9.17) is 10.1 Å². The molecule has 3 rings (SSSR count). The summed E-state index contributed by atoms with van der Waals surface area (Å²) in [5, 5.41) is 23.0. The zero-order valence-corrected chi connectivity index (χ0v) is 19.8. The number of alkyl carbamates (subject to hydrolysis) is 1. The van der Waals surface area contributed by atoms with E-state index in [0.29, 0.717) is 31.8 Å². The molecule has 8 nitrogen and oxygen atoms in total. The van der Waals surface area contributed by atoms with Gasteiger partial charge in [-0.1, -0.05) is 48.5 Å². The maximum Gasteiger partial charge on any atom is 0.407 e. The summed E-state index contributed by atoms with van der Waals surface area (Å²) in [4.78, 5) is 26.0. The van der Waals surface area contributed by atoms with Gasteiger partial charge in [0.2, 0.25) is 0 Å². The van der Waals surface area contributed by atoms with Gasteiger partial charge in [-0.3, -0.25) is 5.41 Å². The molecular weight excluding hydrogens is 432 g/mol. The Bertz CT molecular complexity index is 960. The monoisotopic (exact) mass is 466 g/mol. The molecule has 0 spiro atoms. The fraction of sp³-hybridized carbons (Fsp3) is 0.423. The quantitative estimate of drug-likeness (QED) is 0.226. The van der Waals surface area contributed by atoms with Gasteiger partial charge in [0, 0.05) is 25.6 Å². The molecule has 4 N–H and O–H groups in total. The van der Waals surface area contributed by atoms with Crippen LogP contribution in [0.1, 0.15) is 50.2 Å². The summed E-state index contributed by atoms with van der Waals surface area (Å²) in [5.74, 6) is -0.789. The first-order valence-electron chi connectivity index (χ1n) is 11.9. The minimum Gasteiger partial charge on any atom is -0.480 e. The van der Waals surface area contributed by atoms with Crippen LogP contribution in [0.2, 0.25) is 0 Å². The van der Waals surface area contributed by atoms with Crippen molar-refractivity contribution in [3.63, 3.8) is 0 Å². The van der Waals surface area contributed by atoms with E-state index >= 15 is 0 Å². The first-order chi connectivity index (χ1) is 16.5. The molecule has 1 amide bonds. The fourth-order valence-corrected chi connectivity index (χ4v) is 4.37. The van der Waals surface area contributed by atoms with Crippen molar-refractivity contribution in [1.29, 1.82) is 5.41 Å². The van der Waals surface area contributed by atoms with E-state index in [2.05, 4.69) is 22.8 Å². The summed E-state index contributed by atoms with van der Waals surface area (Å²) in [5.41, 5.74) is 4.49. The number of carboxylic acids is 1. The predicted molar refractivity (Wildman–Crippen MR) is 132 cm³/mol. The molecule has 0 aromatic heterocycles. The Morgan fingerprint density at radius 3 is 2.18 bits per heavy atom. The number of aliphatic carboxylic acids is 1. The molecule has 0 radical (unpaired) electrons. The molecule has 0 fully saturated rings. The van der Waals surface area contributed by atoms with E-state index in [1.54, 1.807) is 0 Å². The smallest absolute Gasteiger partial charge is 0.407 e. The van der Waals surface area contributed by atoms with Crippen LogP contribution in [-0.2, 0) is 9.53 Å². The van der Waals surface area contributed by atoms with E-state index < -0.39 is 18.1 Å². The van der Waals surface area contributed by atoms with Gasteiger partial charge in [0.05, 0.1) is 0 Å². The molecule has 1 atom stereocenters. The van der Waals surface area contributed by atoms with Crippen molar-refractivity contribution in [2.24, 2.45) is 0 Å². The molecule has 0 heterocycles. The van der Waals surface area contributed by atoms with Gasteiger partial charge in [-0.05, 0) is 55.4 Å². The first kappa shape index (κ1) is 25.1. The Labute approximate surface area is 200 Å². The number of hydrogen-bond acceptors (Lipinski definition) is 4. The van der Waals surface area contributed by atoms with E-state index in [0.717, 1.165) is 35.3 Å². The standard InChI is InChI=1S/C26H34N4O4/c1-3-30(4-2)25(27)28-16-10-9-15-23(24(31)32)29-26(33)34-17-22-20-13-7-5-11-18(20)19-12-6-8-14-21(19)22/h5-8,11-14,22-23H,3-4,9-10,15-17H2,1-2H3,(H2,27,28)(H,29,33)(H,31,32)/t23-/m0/s1. The number of guanidine groups is 1. The van der Waals surface area contributed by atoms with Crippen LogP contribution in [0.4, 0.5) is 4.79 Å². The second-order valence-electron chi connectivity index (χ2n) is 8.30. The molecule has 2 aromatic rings. The lowest BCUT2D eigenvalue weighted by atomic mass is 9.98. The Morgan fingerprint density at radius 1 is 1.03 bits per heavy atom. The Kier molecular flexibility index (Phi) is 8.90. The van der Waals surface area contributed by atoms with Crippen LogP contribution in [0.25, 0.3) is 11.1 Å². The summed E-state index contributed by atoms with van der Waals surface area (Å²) in [7, 11) is 0. The molecule has 2 aromatic carbocycles. The van der Waals surface area contributed by atoms with Crippen molar-refractivity contribution in [1.82, 2.24) is 15.5 Å². The van der Waals surface area contributed by atoms with Crippen LogP contribution in [0.15, 0.2) is 48.5 Å². The number of hydrogen-bond donors (Lipinski definition) is 4. The van der Waals surface area contributed by atoms with Gasteiger partial charge in [-0.25, -0.2) is 9.59 Å². The number of nitrogens with one attached hydrogen (secondary N) is 3. The molecule has 0 saturated carbocycles. The van der Waals surface area contributed by atoms with Gasteiger partial charge in [0.15, 0.2) is 5.96 Å². The zero-order chi connectivity index (χ0) is 24.5. The topological polar surface area (TPSA) is 115 Å². The average molecular weight is 467 g/mol. The molecular formula is C26H34N4O4. The number of unbranched alkanes of at least 4 members (excludes halogenated alkanes) is 1. The van der Waals surface area contributed by atoms with Crippen molar-refractivity contribution >= 4 is 18.0 Å². The number of carbonyl (C=O) groups excluding carboxylic acids is 1. The number of carbonyl (C=O) groups is 2. The number of fused-ring (bicyclic) bond motifs is 3. The molecule has 0 unspecified atom stereocenters. The minimum atomic E-state index is -1.09. The highest BCUT2D eigenvalue weighted by molar-refractivity contribution is 5.81. The van der Waals surface area contributed by atoms with Crippen molar-refractivity contribution in [2.75, 3.05) is 26.2 Å². The second kappa shape index (κ2) is 12.1. The fourth-order valence-electron chi connectivity index (χ4n) is 4.37. The Hall–Kier alpha value is -3.55. The normalized spacial score (nSPS) is 12.9. The van der Waals surface area contributed by atoms with E-state index in [9.17, 15) is 14.7 Å². The average Bonchev–Trinajstić information content (AvgIpc) is 3.16. The van der Waals surface area contributed by atoms with E-state index in [-0.39, 0.29) is 12.5 Å². The third-order valence-corrected chi connectivity index (χ3v) is 6.23. The maximum absolute atomic E-state index is 12.4. The van der Waals surface area contributed by atoms with Crippen molar-refractivity contribution in [3.8, 4) is 11.1 Å². The summed E-state index contributed by atoms with van der Waals surface area (Å²) in [6, 6.07) is 15.1. The van der Waals surface area contributed by atoms with E-state index in [1.807, 2.05) is 55.1 Å². The van der Waals surface area contributed by atoms with Crippen LogP contribution in [-0.4, -0.2) is 60.3 Å². The number of nitrogens with zero attached hydrogens (tertiary/aromatic N) is 1. The van der Waals surface area contributed by atoms with Crippen LogP contribution < -0.4 is 10.6 Å². The number of ether oxygens (including phenoxy) is 1. The molecule has 1 aliphatic rings. The van der Waals surface area contributed by atoms with Crippen molar-refractivity contribution in [2.45, 2.75) is 45.1 Å². The summed E-state index contributed by atoms with van der Waals surface area (Å²) in [6.07, 6.45) is 0.856. The highest BCUT2D eigenvalue weighted by atomic mass is 16.5. The number of amides is 1. The van der Waals surface area contributed by atoms with Crippen LogP contribution >= 0.6 is 0 Å². The number of carboxylic acid groups (broad SMARTS) is 1. The lowest BCUT2D eigenvalue weighted by molar-refractivity contribution is -0.139. The Balaban J connectivity index is 1.47. The lowest BCUT2D eigenvalue weighted by Gasteiger charge is -2.22. The van der Waals surface area contributed by atoms with Crippen LogP contribution in [0, 0.1) is 5.41 Å². The largest absolute Gasteiger partial charge is 0.480 e. The molecule has 8 heteroatoms. The number of rotatable bonds is 11. The first-order valence-corrected chi connectivity index (χ1v) is 11.9. The van der Waals surface area contributed by atoms with Crippen molar-refractivity contribution < 1.29 is 19.4 Å². The predicted octanol–water partition coefficient (Wildman–Crippen LogP) is 4.01. The maximum atomic E-state index is 12.4. The molecule has 182 valence electrons. The number of benzene rings is 2. The minimum absolute atomic E-state index is 0.0753. The summed E-state index contributed by atoms with van der Waals surface area (Å²) in [6.45, 7) is 6.22. The zero-order valence-electron chi connectivity index (χ0n) is 19.8. The highest BCUT2D eigenvalue weighted by Crippen LogP contribution is 2.44. The van der Waals surface area contributed by atoms with Gasteiger partial charge in [0.25, 0.3) is 0 Å². The SMILES string of the molecule is CCN(CC)C(=N)NCCCC[C@H](NC(=O)OCC1c2ccccc2-c2ccccc21)C(=O)O. The van der Waals surface area contributed by atoms with Crippen molar-refractivity contribution in [3.05, 3.63) is 59.7 Å². The molecule has 0 saturated heterocycles. The van der Waals surface area contributed by atoms with Gasteiger partial charge in [-0.15, -0.1) is 0 Å². The van der Waals surface area contributed by atoms with Crippen LogP contribution in [0.5, 0.6) is 0 Å². The molecule has 0 aliphatic heterocycles. The lowest BCUT2D eigenvalue weighted by Crippen LogP contribution is -2.42. The van der Waals surface area contributed by atoms with Gasteiger partial charge < -0.3 is 25.4 Å². The van der Waals surface area contributed by atoms with Crippen LogP contribution in [0.3, 0.4) is 0 Å². The molecule has 0 bridgehead atoms. The molecule has 1 aliphatic carbocycles. The summed E-state index contributed by atoms with van der Waals surface area (Å²) >= 11 is 0. The van der Waals surface area contributed by atoms with Gasteiger partial charge >= 0.3 is 12.1 Å². The van der Waals surface area contributed by atoms with Gasteiger partial charge in [0.1, 0.15) is 12.6 Å². The third-order valence-electron chi connectivity index (χ3n) is 6.23. The third kappa shape index (κ3) is 6.07. The highest BCUT2D eigenvalue weighted by Gasteiger charge is 2.29. The molecule has 34 heavy (non-hydrogen) atoms. The Morgan fingerprint density at radius 2 is 1.62 bits per heavy atom. The second-order valence-corrected chi connectivity index (χ2v) is 8.30.